The summed E-state index contributed by atoms with van der Waals surface area (Å²) in [5.74, 6) is 9.92. The quantitative estimate of drug-likeness (QED) is 0.168. The summed E-state index contributed by atoms with van der Waals surface area (Å²) in [6, 6.07) is 14.9. The van der Waals surface area contributed by atoms with E-state index in [1.165, 1.54) is 75.3 Å². The van der Waals surface area contributed by atoms with Gasteiger partial charge in [0.05, 0.1) is 11.4 Å². The molecule has 0 aliphatic heterocycles. The van der Waals surface area contributed by atoms with Crippen LogP contribution in [0.15, 0.2) is 48.5 Å². The van der Waals surface area contributed by atoms with Gasteiger partial charge in [-0.05, 0) is 159 Å². The average Bonchev–Trinajstić information content (AvgIpc) is 2.98. The first kappa shape index (κ1) is 26.8. The molecule has 11 rings (SSSR count). The number of rotatable bonds is 6. The van der Waals surface area contributed by atoms with Gasteiger partial charge in [-0.3, -0.25) is 0 Å². The second-order valence-corrected chi connectivity index (χ2v) is 15.5. The zero-order valence-electron chi connectivity index (χ0n) is 25.3. The largest absolute Gasteiger partial charge is 0.506 e. The highest BCUT2D eigenvalue weighted by Gasteiger charge is 2.53. The zero-order valence-corrected chi connectivity index (χ0v) is 25.3. The normalized spacial score (nSPS) is 36.1. The van der Waals surface area contributed by atoms with Gasteiger partial charge in [-0.1, -0.05) is 6.07 Å². The van der Waals surface area contributed by atoms with E-state index in [9.17, 15) is 10.2 Å². The number of ether oxygens (including phenoxy) is 2. The Hall–Kier alpha value is -3.54. The van der Waals surface area contributed by atoms with Crippen LogP contribution >= 0.6 is 0 Å². The SMILES string of the molecule is Nc1ccc(Oc2ccc(C3C4CC5CC(C4)CC3C5)c(Oc3ccc(N)c(O)c3)c2C2C3CC4CC(C3)CC2C4)cc1O. The van der Waals surface area contributed by atoms with Crippen molar-refractivity contribution in [1.29, 1.82) is 0 Å². The molecule has 3 aromatic carbocycles. The van der Waals surface area contributed by atoms with E-state index in [2.05, 4.69) is 12.1 Å². The van der Waals surface area contributed by atoms with Gasteiger partial charge < -0.3 is 31.2 Å². The van der Waals surface area contributed by atoms with Gasteiger partial charge in [0.15, 0.2) is 0 Å². The molecule has 8 aliphatic carbocycles. The van der Waals surface area contributed by atoms with E-state index in [0.29, 0.717) is 58.4 Å². The summed E-state index contributed by atoms with van der Waals surface area (Å²) in [4.78, 5) is 0. The lowest BCUT2D eigenvalue weighted by Gasteiger charge is -2.56. The monoisotopic (exact) mass is 592 g/mol. The number of hydrogen-bond acceptors (Lipinski definition) is 6. The van der Waals surface area contributed by atoms with Crippen molar-refractivity contribution in [3.8, 4) is 34.5 Å². The maximum atomic E-state index is 10.6. The minimum atomic E-state index is 0.0257. The first-order valence-electron chi connectivity index (χ1n) is 17.1. The molecule has 0 radical (unpaired) electrons. The third-order valence-electron chi connectivity index (χ3n) is 12.8. The molecule has 230 valence electrons. The van der Waals surface area contributed by atoms with Gasteiger partial charge in [0.2, 0.25) is 0 Å². The highest BCUT2D eigenvalue weighted by atomic mass is 16.5. The van der Waals surface area contributed by atoms with Crippen LogP contribution in [-0.2, 0) is 0 Å². The van der Waals surface area contributed by atoms with Gasteiger partial charge in [-0.15, -0.1) is 0 Å². The fourth-order valence-electron chi connectivity index (χ4n) is 11.6. The number of phenols is 2. The maximum absolute atomic E-state index is 10.6. The molecular formula is C38H44N2O4. The molecule has 0 heterocycles. The van der Waals surface area contributed by atoms with Gasteiger partial charge in [0.25, 0.3) is 0 Å². The van der Waals surface area contributed by atoms with E-state index in [1.807, 2.05) is 12.1 Å². The summed E-state index contributed by atoms with van der Waals surface area (Å²) in [5, 5.41) is 21.0. The highest BCUT2D eigenvalue weighted by Crippen LogP contribution is 2.65. The molecule has 0 unspecified atom stereocenters. The van der Waals surface area contributed by atoms with Gasteiger partial charge >= 0.3 is 0 Å². The lowest BCUT2D eigenvalue weighted by atomic mass is 9.49. The second kappa shape index (κ2) is 9.98. The van der Waals surface area contributed by atoms with Gasteiger partial charge in [-0.25, -0.2) is 0 Å². The molecule has 6 nitrogen and oxygen atoms in total. The molecule has 6 N–H and O–H groups in total. The number of anilines is 2. The Morgan fingerprint density at radius 3 is 1.45 bits per heavy atom. The summed E-state index contributed by atoms with van der Waals surface area (Å²) >= 11 is 0. The number of phenolic OH excluding ortho intramolecular Hbond substituents is 2. The molecular weight excluding hydrogens is 548 g/mol. The van der Waals surface area contributed by atoms with Gasteiger partial charge in [0.1, 0.15) is 34.5 Å². The van der Waals surface area contributed by atoms with Crippen molar-refractivity contribution in [1.82, 2.24) is 0 Å². The lowest BCUT2D eigenvalue weighted by Crippen LogP contribution is -2.45. The molecule has 3 aromatic rings. The fourth-order valence-corrected chi connectivity index (χ4v) is 11.6. The van der Waals surface area contributed by atoms with Crippen molar-refractivity contribution in [3.05, 3.63) is 59.7 Å². The Morgan fingerprint density at radius 2 is 0.977 bits per heavy atom. The van der Waals surface area contributed by atoms with Crippen LogP contribution in [0.25, 0.3) is 0 Å². The third-order valence-corrected chi connectivity index (χ3v) is 12.8. The molecule has 0 atom stereocenters. The average molecular weight is 593 g/mol. The fraction of sp³-hybridized carbons (Fsp3) is 0.526. The van der Waals surface area contributed by atoms with Gasteiger partial charge in [-0.2, -0.15) is 0 Å². The van der Waals surface area contributed by atoms with E-state index in [0.717, 1.165) is 35.2 Å². The van der Waals surface area contributed by atoms with E-state index < -0.39 is 0 Å². The van der Waals surface area contributed by atoms with Gasteiger partial charge in [0, 0.05) is 17.7 Å². The van der Waals surface area contributed by atoms with Crippen molar-refractivity contribution < 1.29 is 19.7 Å². The molecule has 44 heavy (non-hydrogen) atoms. The Bertz CT molecular complexity index is 1560. The van der Waals surface area contributed by atoms with Crippen LogP contribution < -0.4 is 20.9 Å². The number of nitrogens with two attached hydrogens (primary N) is 2. The Morgan fingerprint density at radius 1 is 0.523 bits per heavy atom. The molecule has 6 heteroatoms. The minimum Gasteiger partial charge on any atom is -0.506 e. The van der Waals surface area contributed by atoms with Crippen LogP contribution in [0.1, 0.15) is 87.2 Å². The van der Waals surface area contributed by atoms with Crippen LogP contribution in [0, 0.1) is 47.3 Å². The predicted octanol–water partition coefficient (Wildman–Crippen LogP) is 8.93. The Kier molecular flexibility index (Phi) is 6.09. The highest BCUT2D eigenvalue weighted by molar-refractivity contribution is 5.61. The smallest absolute Gasteiger partial charge is 0.142 e. The van der Waals surface area contributed by atoms with E-state index in [1.54, 1.807) is 24.3 Å². The van der Waals surface area contributed by atoms with Crippen molar-refractivity contribution in [3.63, 3.8) is 0 Å². The zero-order chi connectivity index (χ0) is 29.7. The summed E-state index contributed by atoms with van der Waals surface area (Å²) in [6.07, 6.45) is 13.3. The molecule has 8 bridgehead atoms. The first-order valence-corrected chi connectivity index (χ1v) is 17.1. The molecule has 0 spiro atoms. The minimum absolute atomic E-state index is 0.0257. The molecule has 0 amide bonds. The van der Waals surface area contributed by atoms with Crippen LogP contribution in [0.4, 0.5) is 11.4 Å². The molecule has 0 saturated heterocycles. The summed E-state index contributed by atoms with van der Waals surface area (Å²) in [6.45, 7) is 0. The third kappa shape index (κ3) is 4.34. The Labute approximate surface area is 259 Å². The summed E-state index contributed by atoms with van der Waals surface area (Å²) in [5.41, 5.74) is 15.2. The second-order valence-electron chi connectivity index (χ2n) is 15.5. The topological polar surface area (TPSA) is 111 Å². The van der Waals surface area contributed by atoms with Crippen LogP contribution in [0.5, 0.6) is 34.5 Å². The lowest BCUT2D eigenvalue weighted by molar-refractivity contribution is -0.00655. The van der Waals surface area contributed by atoms with E-state index in [-0.39, 0.29) is 11.5 Å². The van der Waals surface area contributed by atoms with Crippen LogP contribution in [0.3, 0.4) is 0 Å². The summed E-state index contributed by atoms with van der Waals surface area (Å²) < 4.78 is 13.8. The van der Waals surface area contributed by atoms with Crippen LogP contribution in [-0.4, -0.2) is 10.2 Å². The molecule has 8 fully saturated rings. The number of benzene rings is 3. The molecule has 8 aliphatic rings. The van der Waals surface area contributed by atoms with Crippen molar-refractivity contribution >= 4 is 11.4 Å². The van der Waals surface area contributed by atoms with Crippen molar-refractivity contribution in [2.75, 3.05) is 11.5 Å². The van der Waals surface area contributed by atoms with Crippen molar-refractivity contribution in [2.24, 2.45) is 47.3 Å². The number of nitrogen functional groups attached to an aromatic ring is 2. The molecule has 0 aromatic heterocycles. The standard InChI is InChI=1S/C38H44N2O4/c39-30-4-1-27(17-32(30)41)43-34-6-3-29(35-23-9-19-7-20(11-23)12-24(35)10-19)38(44-28-2-5-31(40)33(42)18-28)37(34)36-25-13-21-8-22(15-25)16-26(36)14-21/h1-6,17-26,35-36,41-42H,7-16,39-40H2. The molecule has 8 saturated carbocycles. The predicted molar refractivity (Wildman–Crippen MR) is 171 cm³/mol. The summed E-state index contributed by atoms with van der Waals surface area (Å²) in [7, 11) is 0. The Balaban J connectivity index is 1.23. The maximum Gasteiger partial charge on any atom is 0.142 e. The first-order chi connectivity index (χ1) is 21.4. The number of aromatic hydroxyl groups is 2. The van der Waals surface area contributed by atoms with Crippen LogP contribution in [0.2, 0.25) is 0 Å². The van der Waals surface area contributed by atoms with Crippen molar-refractivity contribution in [2.45, 2.75) is 76.0 Å². The van der Waals surface area contributed by atoms with E-state index >= 15 is 0 Å². The number of hydrogen-bond donors (Lipinski definition) is 4. The van der Waals surface area contributed by atoms with E-state index in [4.69, 9.17) is 20.9 Å².